The van der Waals surface area contributed by atoms with Crippen molar-refractivity contribution < 1.29 is 14.3 Å². The molecule has 0 saturated carbocycles. The first-order valence-corrected chi connectivity index (χ1v) is 4.94. The molecule has 82 valence electrons. The Labute approximate surface area is 88.9 Å². The highest BCUT2D eigenvalue weighted by Crippen LogP contribution is 2.38. The highest BCUT2D eigenvalue weighted by atomic mass is 16.6. The molecular formula is C11H15NO3. The van der Waals surface area contributed by atoms with Gasteiger partial charge in [0.2, 0.25) is 0 Å². The maximum atomic E-state index is 5.60. The van der Waals surface area contributed by atoms with Crippen LogP contribution in [0.3, 0.4) is 0 Å². The molecule has 0 amide bonds. The molecule has 1 aliphatic rings. The molecule has 2 rings (SSSR count). The third kappa shape index (κ3) is 1.78. The Morgan fingerprint density at radius 2 is 1.93 bits per heavy atom. The number of rotatable bonds is 2. The quantitative estimate of drug-likeness (QED) is 0.749. The predicted molar refractivity (Wildman–Crippen MR) is 55.9 cm³/mol. The molecule has 2 N–H and O–H groups in total. The van der Waals surface area contributed by atoms with E-state index in [1.54, 1.807) is 0 Å². The fourth-order valence-electron chi connectivity index (χ4n) is 1.75. The average molecular weight is 209 g/mol. The summed E-state index contributed by atoms with van der Waals surface area (Å²) < 4.78 is 11.2. The molecule has 15 heavy (non-hydrogen) atoms. The van der Waals surface area contributed by atoms with Gasteiger partial charge in [0.25, 0.3) is 0 Å². The zero-order chi connectivity index (χ0) is 10.8. The first-order valence-electron chi connectivity index (χ1n) is 4.94. The molecule has 1 aromatic rings. The van der Waals surface area contributed by atoms with Crippen LogP contribution in [0.1, 0.15) is 16.7 Å². The van der Waals surface area contributed by atoms with Crippen LogP contribution in [0.25, 0.3) is 0 Å². The van der Waals surface area contributed by atoms with E-state index in [0.717, 1.165) is 28.2 Å². The molecule has 0 aliphatic carbocycles. The summed E-state index contributed by atoms with van der Waals surface area (Å²) in [4.78, 5) is 4.65. The number of fused-ring (bicyclic) bond motifs is 1. The molecule has 1 heterocycles. The second-order valence-corrected chi connectivity index (χ2v) is 3.64. The van der Waals surface area contributed by atoms with Gasteiger partial charge in [-0.05, 0) is 31.0 Å². The Hall–Kier alpha value is -1.26. The van der Waals surface area contributed by atoms with E-state index in [0.29, 0.717) is 19.8 Å². The molecular weight excluding hydrogens is 194 g/mol. The van der Waals surface area contributed by atoms with Crippen molar-refractivity contribution >= 4 is 0 Å². The van der Waals surface area contributed by atoms with Crippen LogP contribution in [0.2, 0.25) is 0 Å². The van der Waals surface area contributed by atoms with Gasteiger partial charge in [0, 0.05) is 5.56 Å². The number of ether oxygens (including phenoxy) is 2. The Balaban J connectivity index is 2.51. The standard InChI is InChI=1S/C11H15NO3/c1-7-5-9(6-15-12)11-10(8(7)2)13-3-4-14-11/h5H,3-4,6,12H2,1-2H3. The van der Waals surface area contributed by atoms with E-state index in [2.05, 4.69) is 4.84 Å². The van der Waals surface area contributed by atoms with Gasteiger partial charge in [-0.25, -0.2) is 5.90 Å². The molecule has 4 heteroatoms. The smallest absolute Gasteiger partial charge is 0.167 e. The van der Waals surface area contributed by atoms with Gasteiger partial charge in [-0.3, -0.25) is 4.84 Å². The normalized spacial score (nSPS) is 14.1. The third-order valence-electron chi connectivity index (χ3n) is 2.64. The van der Waals surface area contributed by atoms with Gasteiger partial charge in [-0.2, -0.15) is 0 Å². The van der Waals surface area contributed by atoms with E-state index in [-0.39, 0.29) is 0 Å². The third-order valence-corrected chi connectivity index (χ3v) is 2.64. The van der Waals surface area contributed by atoms with Crippen LogP contribution in [0.4, 0.5) is 0 Å². The summed E-state index contributed by atoms with van der Waals surface area (Å²) in [6.07, 6.45) is 0. The van der Waals surface area contributed by atoms with Crippen molar-refractivity contribution in [2.45, 2.75) is 20.5 Å². The van der Waals surface area contributed by atoms with Crippen molar-refractivity contribution in [3.63, 3.8) is 0 Å². The van der Waals surface area contributed by atoms with Gasteiger partial charge in [-0.1, -0.05) is 0 Å². The number of benzene rings is 1. The van der Waals surface area contributed by atoms with Crippen LogP contribution in [-0.2, 0) is 11.4 Å². The summed E-state index contributed by atoms with van der Waals surface area (Å²) in [5, 5.41) is 0. The Morgan fingerprint density at radius 3 is 2.60 bits per heavy atom. The van der Waals surface area contributed by atoms with Crippen molar-refractivity contribution in [2.75, 3.05) is 13.2 Å². The number of nitrogens with two attached hydrogens (primary N) is 1. The zero-order valence-corrected chi connectivity index (χ0v) is 9.00. The van der Waals surface area contributed by atoms with Gasteiger partial charge in [0.05, 0.1) is 6.61 Å². The minimum atomic E-state index is 0.340. The molecule has 0 radical (unpaired) electrons. The molecule has 0 aromatic heterocycles. The molecule has 0 spiro atoms. The fourth-order valence-corrected chi connectivity index (χ4v) is 1.75. The van der Waals surface area contributed by atoms with Crippen molar-refractivity contribution in [3.8, 4) is 11.5 Å². The van der Waals surface area contributed by atoms with E-state index in [4.69, 9.17) is 15.4 Å². The van der Waals surface area contributed by atoms with Crippen LogP contribution in [0.5, 0.6) is 11.5 Å². The molecule has 0 fully saturated rings. The number of aryl methyl sites for hydroxylation is 1. The van der Waals surface area contributed by atoms with Crippen molar-refractivity contribution in [3.05, 3.63) is 22.8 Å². The van der Waals surface area contributed by atoms with E-state index < -0.39 is 0 Å². The van der Waals surface area contributed by atoms with Gasteiger partial charge < -0.3 is 9.47 Å². The maximum absolute atomic E-state index is 5.60. The highest BCUT2D eigenvalue weighted by molar-refractivity contribution is 5.55. The highest BCUT2D eigenvalue weighted by Gasteiger charge is 2.19. The van der Waals surface area contributed by atoms with Crippen LogP contribution >= 0.6 is 0 Å². The lowest BCUT2D eigenvalue weighted by molar-refractivity contribution is 0.115. The monoisotopic (exact) mass is 209 g/mol. The van der Waals surface area contributed by atoms with Gasteiger partial charge in [0.15, 0.2) is 11.5 Å². The zero-order valence-electron chi connectivity index (χ0n) is 9.00. The summed E-state index contributed by atoms with van der Waals surface area (Å²) in [5.74, 6) is 6.69. The molecule has 0 bridgehead atoms. The lowest BCUT2D eigenvalue weighted by Crippen LogP contribution is -2.18. The van der Waals surface area contributed by atoms with Gasteiger partial charge >= 0.3 is 0 Å². The lowest BCUT2D eigenvalue weighted by Gasteiger charge is -2.23. The molecule has 4 nitrogen and oxygen atoms in total. The molecule has 0 unspecified atom stereocenters. The lowest BCUT2D eigenvalue weighted by atomic mass is 10.0. The average Bonchev–Trinajstić information content (AvgIpc) is 2.26. The van der Waals surface area contributed by atoms with Gasteiger partial charge in [0.1, 0.15) is 13.2 Å². The van der Waals surface area contributed by atoms with E-state index >= 15 is 0 Å². The summed E-state index contributed by atoms with van der Waals surface area (Å²) in [5.41, 5.74) is 3.21. The largest absolute Gasteiger partial charge is 0.486 e. The van der Waals surface area contributed by atoms with Crippen molar-refractivity contribution in [2.24, 2.45) is 5.90 Å². The summed E-state index contributed by atoms with van der Waals surface area (Å²) >= 11 is 0. The van der Waals surface area contributed by atoms with Crippen LogP contribution in [-0.4, -0.2) is 13.2 Å². The van der Waals surface area contributed by atoms with E-state index in [9.17, 15) is 0 Å². The molecule has 0 saturated heterocycles. The fraction of sp³-hybridized carbons (Fsp3) is 0.455. The first kappa shape index (κ1) is 10.3. The Kier molecular flexibility index (Phi) is 2.79. The van der Waals surface area contributed by atoms with Crippen LogP contribution < -0.4 is 15.4 Å². The van der Waals surface area contributed by atoms with E-state index in [1.165, 1.54) is 0 Å². The molecule has 0 atom stereocenters. The molecule has 1 aromatic carbocycles. The topological polar surface area (TPSA) is 53.7 Å². The Morgan fingerprint density at radius 1 is 1.27 bits per heavy atom. The van der Waals surface area contributed by atoms with Gasteiger partial charge in [-0.15, -0.1) is 0 Å². The first-order chi connectivity index (χ1) is 7.24. The summed E-state index contributed by atoms with van der Waals surface area (Å²) in [7, 11) is 0. The summed E-state index contributed by atoms with van der Waals surface area (Å²) in [6, 6.07) is 2.02. The minimum absolute atomic E-state index is 0.340. The second kappa shape index (κ2) is 4.08. The predicted octanol–water partition coefficient (Wildman–Crippen LogP) is 1.46. The summed E-state index contributed by atoms with van der Waals surface area (Å²) in [6.45, 7) is 5.57. The molecule has 1 aliphatic heterocycles. The number of hydrogen-bond acceptors (Lipinski definition) is 4. The van der Waals surface area contributed by atoms with Crippen molar-refractivity contribution in [1.82, 2.24) is 0 Å². The SMILES string of the molecule is Cc1cc(CON)c2c(c1C)OCCO2. The number of hydrogen-bond donors (Lipinski definition) is 1. The Bertz CT molecular complexity index is 377. The minimum Gasteiger partial charge on any atom is -0.486 e. The van der Waals surface area contributed by atoms with E-state index in [1.807, 2.05) is 19.9 Å². The second-order valence-electron chi connectivity index (χ2n) is 3.64. The van der Waals surface area contributed by atoms with Crippen LogP contribution in [0.15, 0.2) is 6.07 Å². The van der Waals surface area contributed by atoms with Crippen molar-refractivity contribution in [1.29, 1.82) is 0 Å². The maximum Gasteiger partial charge on any atom is 0.167 e. The van der Waals surface area contributed by atoms with Crippen LogP contribution in [0, 0.1) is 13.8 Å².